The molecule has 0 bridgehead atoms. The Balaban J connectivity index is 1.77. The van der Waals surface area contributed by atoms with Gasteiger partial charge in [0.1, 0.15) is 0 Å². The average molecular weight is 287 g/mol. The van der Waals surface area contributed by atoms with Crippen molar-refractivity contribution in [2.75, 3.05) is 11.1 Å². The number of nitrogen functional groups attached to an aromatic ring is 1. The van der Waals surface area contributed by atoms with Gasteiger partial charge in [-0.2, -0.15) is 0 Å². The van der Waals surface area contributed by atoms with Gasteiger partial charge in [0.25, 0.3) is 5.91 Å². The van der Waals surface area contributed by atoms with Crippen LogP contribution in [0.5, 0.6) is 0 Å². The number of fused-ring (bicyclic) bond motifs is 1. The van der Waals surface area contributed by atoms with Crippen molar-refractivity contribution in [1.29, 1.82) is 0 Å². The Morgan fingerprint density at radius 3 is 3.15 bits per heavy atom. The fraction of sp³-hybridized carbons (Fsp3) is 0.333. The van der Waals surface area contributed by atoms with Crippen LogP contribution in [-0.4, -0.2) is 10.9 Å². The third-order valence-corrected chi connectivity index (χ3v) is 4.59. The van der Waals surface area contributed by atoms with Crippen LogP contribution in [0.1, 0.15) is 34.3 Å². The second-order valence-electron chi connectivity index (χ2n) is 5.32. The predicted molar refractivity (Wildman–Crippen MR) is 82.1 cm³/mol. The lowest BCUT2D eigenvalue weighted by molar-refractivity contribution is 0.102. The highest BCUT2D eigenvalue weighted by Gasteiger charge is 2.20. The first-order chi connectivity index (χ1) is 9.61. The lowest BCUT2D eigenvalue weighted by Gasteiger charge is -2.15. The number of benzene rings is 1. The quantitative estimate of drug-likeness (QED) is 0.834. The molecular weight excluding hydrogens is 270 g/mol. The fourth-order valence-corrected chi connectivity index (χ4v) is 3.61. The van der Waals surface area contributed by atoms with Gasteiger partial charge in [0.15, 0.2) is 5.13 Å². The molecule has 0 saturated heterocycles. The Morgan fingerprint density at radius 1 is 1.50 bits per heavy atom. The maximum Gasteiger partial charge on any atom is 0.257 e. The first kappa shape index (κ1) is 13.1. The van der Waals surface area contributed by atoms with Gasteiger partial charge >= 0.3 is 0 Å². The van der Waals surface area contributed by atoms with Gasteiger partial charge in [0.2, 0.25) is 0 Å². The molecule has 2 aromatic rings. The Hall–Kier alpha value is -1.88. The van der Waals surface area contributed by atoms with Crippen LogP contribution < -0.4 is 11.1 Å². The molecule has 1 atom stereocenters. The maximum absolute atomic E-state index is 12.1. The van der Waals surface area contributed by atoms with Gasteiger partial charge < -0.3 is 5.73 Å². The van der Waals surface area contributed by atoms with E-state index >= 15 is 0 Å². The van der Waals surface area contributed by atoms with Crippen LogP contribution in [-0.2, 0) is 12.8 Å². The Labute approximate surface area is 122 Å². The number of nitrogens with one attached hydrogen (secondary N) is 1. The second kappa shape index (κ2) is 5.25. The summed E-state index contributed by atoms with van der Waals surface area (Å²) in [4.78, 5) is 18.0. The zero-order valence-electron chi connectivity index (χ0n) is 11.3. The van der Waals surface area contributed by atoms with E-state index in [9.17, 15) is 4.79 Å². The van der Waals surface area contributed by atoms with Crippen molar-refractivity contribution >= 4 is 28.1 Å². The molecule has 1 aromatic heterocycles. The molecule has 1 heterocycles. The third-order valence-electron chi connectivity index (χ3n) is 3.56. The molecular formula is C15H17N3OS. The van der Waals surface area contributed by atoms with Crippen molar-refractivity contribution in [3.05, 3.63) is 40.4 Å². The molecule has 1 aliphatic carbocycles. The summed E-state index contributed by atoms with van der Waals surface area (Å²) < 4.78 is 0. The molecule has 4 nitrogen and oxygen atoms in total. The van der Waals surface area contributed by atoms with Crippen molar-refractivity contribution in [3.63, 3.8) is 0 Å². The van der Waals surface area contributed by atoms with Crippen LogP contribution in [0, 0.1) is 5.92 Å². The normalized spacial score (nSPS) is 17.6. The first-order valence-corrected chi connectivity index (χ1v) is 7.59. The van der Waals surface area contributed by atoms with Crippen LogP contribution >= 0.6 is 11.3 Å². The zero-order chi connectivity index (χ0) is 14.1. The summed E-state index contributed by atoms with van der Waals surface area (Å²) in [5.74, 6) is 0.553. The highest BCUT2D eigenvalue weighted by molar-refractivity contribution is 7.15. The van der Waals surface area contributed by atoms with Gasteiger partial charge in [-0.15, -0.1) is 11.3 Å². The largest absolute Gasteiger partial charge is 0.399 e. The van der Waals surface area contributed by atoms with Gasteiger partial charge in [-0.25, -0.2) is 4.98 Å². The Kier molecular flexibility index (Phi) is 3.44. The van der Waals surface area contributed by atoms with Gasteiger partial charge in [-0.1, -0.05) is 13.0 Å². The summed E-state index contributed by atoms with van der Waals surface area (Å²) in [6, 6.07) is 6.96. The van der Waals surface area contributed by atoms with Crippen LogP contribution in [0.3, 0.4) is 0 Å². The van der Waals surface area contributed by atoms with Gasteiger partial charge in [-0.05, 0) is 43.4 Å². The predicted octanol–water partition coefficient (Wildman–Crippen LogP) is 3.10. The standard InChI is InChI=1S/C15H17N3OS/c1-9-5-6-12-13(7-9)20-15(17-12)18-14(19)10-3-2-4-11(16)8-10/h2-4,8-9H,5-7,16H2,1H3,(H,17,18,19). The smallest absolute Gasteiger partial charge is 0.257 e. The molecule has 1 amide bonds. The van der Waals surface area contributed by atoms with E-state index in [1.54, 1.807) is 35.6 Å². The summed E-state index contributed by atoms with van der Waals surface area (Å²) in [5, 5.41) is 3.56. The third kappa shape index (κ3) is 2.67. The van der Waals surface area contributed by atoms with E-state index < -0.39 is 0 Å². The minimum Gasteiger partial charge on any atom is -0.399 e. The number of thiazole rings is 1. The van der Waals surface area contributed by atoms with Gasteiger partial charge in [0.05, 0.1) is 5.69 Å². The first-order valence-electron chi connectivity index (χ1n) is 6.77. The summed E-state index contributed by atoms with van der Waals surface area (Å²) >= 11 is 1.59. The topological polar surface area (TPSA) is 68.0 Å². The van der Waals surface area contributed by atoms with Gasteiger partial charge in [-0.3, -0.25) is 10.1 Å². The van der Waals surface area contributed by atoms with E-state index in [0.717, 1.165) is 18.5 Å². The highest BCUT2D eigenvalue weighted by Crippen LogP contribution is 2.32. The molecule has 1 aromatic carbocycles. The maximum atomic E-state index is 12.1. The molecule has 1 unspecified atom stereocenters. The summed E-state index contributed by atoms with van der Waals surface area (Å²) in [6.45, 7) is 2.26. The van der Waals surface area contributed by atoms with Crippen molar-refractivity contribution in [2.24, 2.45) is 5.92 Å². The summed E-state index contributed by atoms with van der Waals surface area (Å²) in [7, 11) is 0. The van der Waals surface area contributed by atoms with E-state index in [0.29, 0.717) is 22.3 Å². The number of aryl methyl sites for hydroxylation is 1. The number of anilines is 2. The molecule has 5 heteroatoms. The molecule has 3 rings (SSSR count). The molecule has 0 radical (unpaired) electrons. The zero-order valence-corrected chi connectivity index (χ0v) is 12.2. The number of hydrogen-bond donors (Lipinski definition) is 2. The molecule has 1 aliphatic rings. The average Bonchev–Trinajstić information content (AvgIpc) is 2.80. The number of nitrogens with two attached hydrogens (primary N) is 1. The van der Waals surface area contributed by atoms with Crippen molar-refractivity contribution in [1.82, 2.24) is 4.98 Å². The van der Waals surface area contributed by atoms with Crippen molar-refractivity contribution < 1.29 is 4.79 Å². The number of carbonyl (C=O) groups is 1. The SMILES string of the molecule is CC1CCc2nc(NC(=O)c3cccc(N)c3)sc2C1. The Morgan fingerprint density at radius 2 is 2.35 bits per heavy atom. The summed E-state index contributed by atoms with van der Waals surface area (Å²) in [6.07, 6.45) is 3.27. The lowest BCUT2D eigenvalue weighted by Crippen LogP contribution is -2.12. The minimum absolute atomic E-state index is 0.156. The van der Waals surface area contributed by atoms with E-state index in [1.165, 1.54) is 11.3 Å². The van der Waals surface area contributed by atoms with E-state index in [2.05, 4.69) is 17.2 Å². The second-order valence-corrected chi connectivity index (χ2v) is 6.40. The van der Waals surface area contributed by atoms with Crippen molar-refractivity contribution in [3.8, 4) is 0 Å². The van der Waals surface area contributed by atoms with E-state index in [-0.39, 0.29) is 5.91 Å². The molecule has 0 aliphatic heterocycles. The highest BCUT2D eigenvalue weighted by atomic mass is 32.1. The van der Waals surface area contributed by atoms with E-state index in [1.807, 2.05) is 0 Å². The number of amides is 1. The monoisotopic (exact) mass is 287 g/mol. The number of aromatic nitrogens is 1. The number of rotatable bonds is 2. The molecule has 104 valence electrons. The molecule has 3 N–H and O–H groups in total. The number of hydrogen-bond acceptors (Lipinski definition) is 4. The van der Waals surface area contributed by atoms with Crippen molar-refractivity contribution in [2.45, 2.75) is 26.2 Å². The van der Waals surface area contributed by atoms with Crippen LogP contribution in [0.2, 0.25) is 0 Å². The Bertz CT molecular complexity index is 650. The van der Waals surface area contributed by atoms with E-state index in [4.69, 9.17) is 5.73 Å². The molecule has 0 spiro atoms. The molecule has 20 heavy (non-hydrogen) atoms. The van der Waals surface area contributed by atoms with Crippen LogP contribution in [0.4, 0.5) is 10.8 Å². The number of nitrogens with zero attached hydrogens (tertiary/aromatic N) is 1. The minimum atomic E-state index is -0.156. The molecule has 0 fully saturated rings. The molecule has 0 saturated carbocycles. The van der Waals surface area contributed by atoms with Crippen LogP contribution in [0.25, 0.3) is 0 Å². The lowest BCUT2D eigenvalue weighted by atomic mass is 9.93. The fourth-order valence-electron chi connectivity index (χ4n) is 2.44. The van der Waals surface area contributed by atoms with Gasteiger partial charge in [0, 0.05) is 16.1 Å². The van der Waals surface area contributed by atoms with Crippen LogP contribution in [0.15, 0.2) is 24.3 Å². The summed E-state index contributed by atoms with van der Waals surface area (Å²) in [5.41, 5.74) is 7.99. The number of carbonyl (C=O) groups excluding carboxylic acids is 1.